The zero-order chi connectivity index (χ0) is 20.3. The Morgan fingerprint density at radius 2 is 1.82 bits per heavy atom. The van der Waals surface area contributed by atoms with Gasteiger partial charge in [-0.25, -0.2) is 9.97 Å². The number of carbonyl (C=O) groups is 3. The molecule has 2 aromatic heterocycles. The van der Waals surface area contributed by atoms with Gasteiger partial charge in [-0.2, -0.15) is 0 Å². The number of benzene rings is 1. The molecule has 0 radical (unpaired) electrons. The van der Waals surface area contributed by atoms with Crippen molar-refractivity contribution < 1.29 is 14.4 Å². The molecule has 0 saturated heterocycles. The van der Waals surface area contributed by atoms with Crippen molar-refractivity contribution >= 4 is 35.1 Å². The van der Waals surface area contributed by atoms with Crippen LogP contribution in [0.4, 0.5) is 5.82 Å². The smallest absolute Gasteiger partial charge is 0.272 e. The molecule has 0 unspecified atom stereocenters. The number of anilines is 1. The summed E-state index contributed by atoms with van der Waals surface area (Å²) in [4.78, 5) is 44.0. The van der Waals surface area contributed by atoms with Gasteiger partial charge in [0, 0.05) is 7.05 Å². The molecule has 0 aliphatic heterocycles. The number of amides is 3. The lowest BCUT2D eigenvalue weighted by Crippen LogP contribution is -2.25. The number of carbonyl (C=O) groups excluding carboxylic acids is 3. The van der Waals surface area contributed by atoms with Crippen LogP contribution in [-0.4, -0.2) is 39.3 Å². The maximum absolute atomic E-state index is 12.3. The van der Waals surface area contributed by atoms with Crippen LogP contribution < -0.4 is 16.4 Å². The molecule has 0 saturated carbocycles. The standard InChI is InChI=1S/C18H15ClN6O3/c1-21-18(28)14-15(16(20)26)25(9-23-14)10-6-7-13(22-8-10)24-17(27)11-4-2-3-5-12(11)19/h2-9H,1H3,(H2,20,26)(H,21,28)(H,22,24,27). The number of pyridine rings is 1. The van der Waals surface area contributed by atoms with Crippen LogP contribution in [0, 0.1) is 0 Å². The predicted molar refractivity (Wildman–Crippen MR) is 103 cm³/mol. The van der Waals surface area contributed by atoms with E-state index in [1.165, 1.54) is 30.2 Å². The van der Waals surface area contributed by atoms with E-state index in [1.54, 1.807) is 30.3 Å². The van der Waals surface area contributed by atoms with Crippen molar-refractivity contribution in [3.63, 3.8) is 0 Å². The van der Waals surface area contributed by atoms with Gasteiger partial charge in [-0.1, -0.05) is 23.7 Å². The summed E-state index contributed by atoms with van der Waals surface area (Å²) < 4.78 is 1.35. The zero-order valence-electron chi connectivity index (χ0n) is 14.6. The van der Waals surface area contributed by atoms with E-state index < -0.39 is 17.7 Å². The van der Waals surface area contributed by atoms with Gasteiger partial charge in [-0.05, 0) is 24.3 Å². The average Bonchev–Trinajstić information content (AvgIpc) is 3.13. The fourth-order valence-corrected chi connectivity index (χ4v) is 2.72. The Bertz CT molecular complexity index is 1060. The van der Waals surface area contributed by atoms with Gasteiger partial charge < -0.3 is 16.4 Å². The number of halogens is 1. The molecule has 0 fully saturated rings. The van der Waals surface area contributed by atoms with Crippen LogP contribution in [0.25, 0.3) is 5.69 Å². The predicted octanol–water partition coefficient (Wildman–Crippen LogP) is 1.63. The molecule has 0 aliphatic carbocycles. The lowest BCUT2D eigenvalue weighted by Gasteiger charge is -2.09. The molecule has 3 amide bonds. The van der Waals surface area contributed by atoms with Gasteiger partial charge >= 0.3 is 0 Å². The van der Waals surface area contributed by atoms with Gasteiger partial charge in [0.25, 0.3) is 17.7 Å². The second-order valence-electron chi connectivity index (χ2n) is 5.59. The van der Waals surface area contributed by atoms with E-state index in [0.717, 1.165) is 0 Å². The first kappa shape index (κ1) is 19.1. The first-order chi connectivity index (χ1) is 13.4. The molecule has 0 atom stereocenters. The minimum atomic E-state index is -0.813. The van der Waals surface area contributed by atoms with Crippen LogP contribution in [0.3, 0.4) is 0 Å². The van der Waals surface area contributed by atoms with Gasteiger partial charge in [0.15, 0.2) is 5.69 Å². The maximum Gasteiger partial charge on any atom is 0.272 e. The highest BCUT2D eigenvalue weighted by atomic mass is 35.5. The van der Waals surface area contributed by atoms with Crippen LogP contribution in [-0.2, 0) is 0 Å². The molecule has 1 aromatic carbocycles. The minimum Gasteiger partial charge on any atom is -0.364 e. The summed E-state index contributed by atoms with van der Waals surface area (Å²) in [6, 6.07) is 9.76. The number of nitrogens with zero attached hydrogens (tertiary/aromatic N) is 3. The van der Waals surface area contributed by atoms with Crippen molar-refractivity contribution in [2.75, 3.05) is 12.4 Å². The molecule has 4 N–H and O–H groups in total. The second kappa shape index (κ2) is 7.89. The van der Waals surface area contributed by atoms with E-state index in [1.807, 2.05) is 0 Å². The highest BCUT2D eigenvalue weighted by Crippen LogP contribution is 2.18. The molecule has 28 heavy (non-hydrogen) atoms. The largest absolute Gasteiger partial charge is 0.364 e. The van der Waals surface area contributed by atoms with Crippen molar-refractivity contribution in [2.45, 2.75) is 0 Å². The summed E-state index contributed by atoms with van der Waals surface area (Å²) >= 11 is 6.01. The number of hydrogen-bond acceptors (Lipinski definition) is 5. The molecule has 3 aromatic rings. The summed E-state index contributed by atoms with van der Waals surface area (Å²) in [7, 11) is 1.42. The number of primary amides is 1. The fourth-order valence-electron chi connectivity index (χ4n) is 2.50. The zero-order valence-corrected chi connectivity index (χ0v) is 15.4. The summed E-state index contributed by atoms with van der Waals surface area (Å²) in [6.07, 6.45) is 2.70. The molecule has 0 aliphatic rings. The van der Waals surface area contributed by atoms with Crippen molar-refractivity contribution in [1.29, 1.82) is 0 Å². The minimum absolute atomic E-state index is 0.0750. The molecular formula is C18H15ClN6O3. The summed E-state index contributed by atoms with van der Waals surface area (Å²) in [5.41, 5.74) is 5.98. The molecule has 9 nitrogen and oxygen atoms in total. The molecular weight excluding hydrogens is 384 g/mol. The summed E-state index contributed by atoms with van der Waals surface area (Å²) in [5, 5.41) is 5.35. The first-order valence-electron chi connectivity index (χ1n) is 8.04. The Balaban J connectivity index is 1.87. The van der Waals surface area contributed by atoms with Crippen LogP contribution >= 0.6 is 11.6 Å². The highest BCUT2D eigenvalue weighted by molar-refractivity contribution is 6.34. The number of hydrogen-bond donors (Lipinski definition) is 3. The first-order valence-corrected chi connectivity index (χ1v) is 8.41. The average molecular weight is 399 g/mol. The molecule has 0 spiro atoms. The van der Waals surface area contributed by atoms with Gasteiger partial charge in [0.1, 0.15) is 17.8 Å². The van der Waals surface area contributed by atoms with Crippen LogP contribution in [0.15, 0.2) is 48.9 Å². The number of nitrogens with two attached hydrogens (primary N) is 1. The molecule has 3 rings (SSSR count). The van der Waals surface area contributed by atoms with Crippen LogP contribution in [0.2, 0.25) is 5.02 Å². The molecule has 0 bridgehead atoms. The monoisotopic (exact) mass is 398 g/mol. The Morgan fingerprint density at radius 3 is 2.43 bits per heavy atom. The van der Waals surface area contributed by atoms with E-state index in [0.29, 0.717) is 16.3 Å². The van der Waals surface area contributed by atoms with E-state index in [-0.39, 0.29) is 17.2 Å². The molecule has 10 heteroatoms. The maximum atomic E-state index is 12.3. The third-order valence-electron chi connectivity index (χ3n) is 3.83. The van der Waals surface area contributed by atoms with Gasteiger partial charge in [0.2, 0.25) is 0 Å². The SMILES string of the molecule is CNC(=O)c1ncn(-c2ccc(NC(=O)c3ccccc3Cl)nc2)c1C(N)=O. The van der Waals surface area contributed by atoms with Crippen LogP contribution in [0.1, 0.15) is 31.3 Å². The van der Waals surface area contributed by atoms with Gasteiger partial charge in [-0.15, -0.1) is 0 Å². The Labute approximate surface area is 164 Å². The number of nitrogens with one attached hydrogen (secondary N) is 2. The normalized spacial score (nSPS) is 10.4. The van der Waals surface area contributed by atoms with E-state index >= 15 is 0 Å². The van der Waals surface area contributed by atoms with Gasteiger partial charge in [-0.3, -0.25) is 19.0 Å². The van der Waals surface area contributed by atoms with Crippen molar-refractivity contribution in [1.82, 2.24) is 19.9 Å². The van der Waals surface area contributed by atoms with Crippen molar-refractivity contribution in [3.05, 3.63) is 70.9 Å². The Hall–Kier alpha value is -3.72. The summed E-state index contributed by atoms with van der Waals surface area (Å²) in [5.74, 6) is -1.48. The van der Waals surface area contributed by atoms with Crippen LogP contribution in [0.5, 0.6) is 0 Å². The van der Waals surface area contributed by atoms with E-state index in [4.69, 9.17) is 17.3 Å². The summed E-state index contributed by atoms with van der Waals surface area (Å²) in [6.45, 7) is 0. The number of aromatic nitrogens is 3. The lowest BCUT2D eigenvalue weighted by atomic mass is 10.2. The Kier molecular flexibility index (Phi) is 5.37. The topological polar surface area (TPSA) is 132 Å². The molecule has 142 valence electrons. The number of imidazole rings is 1. The second-order valence-corrected chi connectivity index (χ2v) is 6.00. The molecule has 2 heterocycles. The third-order valence-corrected chi connectivity index (χ3v) is 4.16. The fraction of sp³-hybridized carbons (Fsp3) is 0.0556. The van der Waals surface area contributed by atoms with E-state index in [9.17, 15) is 14.4 Å². The lowest BCUT2D eigenvalue weighted by molar-refractivity contribution is 0.0937. The van der Waals surface area contributed by atoms with Crippen molar-refractivity contribution in [2.24, 2.45) is 5.73 Å². The highest BCUT2D eigenvalue weighted by Gasteiger charge is 2.22. The quantitative estimate of drug-likeness (QED) is 0.601. The Morgan fingerprint density at radius 1 is 1.07 bits per heavy atom. The van der Waals surface area contributed by atoms with E-state index in [2.05, 4.69) is 20.6 Å². The van der Waals surface area contributed by atoms with Gasteiger partial charge in [0.05, 0.1) is 22.5 Å². The van der Waals surface area contributed by atoms with Crippen molar-refractivity contribution in [3.8, 4) is 5.69 Å². The number of rotatable bonds is 5. The third kappa shape index (κ3) is 3.69.